The zero-order valence-corrected chi connectivity index (χ0v) is 13.3. The van der Waals surface area contributed by atoms with Crippen LogP contribution in [0.25, 0.3) is 0 Å². The molecule has 1 aliphatic heterocycles. The third-order valence-corrected chi connectivity index (χ3v) is 4.22. The standard InChI is InChI=1S/C17H35NO/c1-3-5-7-11-16(12-8-6-4-2)18-15-17-13-9-10-14-19-17/h16-18H,3-15H2,1-2H3. The molecule has 0 aliphatic carbocycles. The van der Waals surface area contributed by atoms with Gasteiger partial charge in [0, 0.05) is 19.2 Å². The zero-order chi connectivity index (χ0) is 13.8. The minimum Gasteiger partial charge on any atom is -0.377 e. The molecule has 0 amide bonds. The van der Waals surface area contributed by atoms with E-state index in [9.17, 15) is 0 Å². The van der Waals surface area contributed by atoms with E-state index in [-0.39, 0.29) is 0 Å². The van der Waals surface area contributed by atoms with Crippen LogP contribution in [0.4, 0.5) is 0 Å². The highest BCUT2D eigenvalue weighted by molar-refractivity contribution is 4.72. The summed E-state index contributed by atoms with van der Waals surface area (Å²) in [7, 11) is 0. The lowest BCUT2D eigenvalue weighted by molar-refractivity contribution is 0.0150. The predicted molar refractivity (Wildman–Crippen MR) is 83.7 cm³/mol. The van der Waals surface area contributed by atoms with Gasteiger partial charge in [-0.3, -0.25) is 0 Å². The molecule has 0 aromatic heterocycles. The summed E-state index contributed by atoms with van der Waals surface area (Å²) in [4.78, 5) is 0. The lowest BCUT2D eigenvalue weighted by Crippen LogP contribution is -2.38. The molecule has 0 spiro atoms. The normalized spacial score (nSPS) is 20.1. The maximum atomic E-state index is 5.82. The molecule has 19 heavy (non-hydrogen) atoms. The van der Waals surface area contributed by atoms with Crippen molar-refractivity contribution in [2.75, 3.05) is 13.2 Å². The molecule has 0 aromatic carbocycles. The second-order valence-corrected chi connectivity index (χ2v) is 6.09. The number of rotatable bonds is 11. The van der Waals surface area contributed by atoms with Crippen LogP contribution in [0.5, 0.6) is 0 Å². The molecule has 1 unspecified atom stereocenters. The molecule has 1 rings (SSSR count). The average molecular weight is 269 g/mol. The second-order valence-electron chi connectivity index (χ2n) is 6.09. The first-order chi connectivity index (χ1) is 9.36. The summed E-state index contributed by atoms with van der Waals surface area (Å²) in [5, 5.41) is 3.78. The Hall–Kier alpha value is -0.0800. The van der Waals surface area contributed by atoms with Crippen LogP contribution in [-0.2, 0) is 4.74 Å². The van der Waals surface area contributed by atoms with Gasteiger partial charge in [0.1, 0.15) is 0 Å². The number of hydrogen-bond acceptors (Lipinski definition) is 2. The fourth-order valence-electron chi connectivity index (χ4n) is 2.90. The maximum Gasteiger partial charge on any atom is 0.0699 e. The summed E-state index contributed by atoms with van der Waals surface area (Å²) in [6.45, 7) is 6.62. The third kappa shape index (κ3) is 8.65. The molecule has 1 aliphatic rings. The fraction of sp³-hybridized carbons (Fsp3) is 1.00. The van der Waals surface area contributed by atoms with Crippen LogP contribution in [0.1, 0.15) is 84.5 Å². The molecule has 1 N–H and O–H groups in total. The van der Waals surface area contributed by atoms with E-state index in [2.05, 4.69) is 19.2 Å². The first-order valence-electron chi connectivity index (χ1n) is 8.71. The van der Waals surface area contributed by atoms with Gasteiger partial charge < -0.3 is 10.1 Å². The van der Waals surface area contributed by atoms with Gasteiger partial charge in [0.05, 0.1) is 6.10 Å². The van der Waals surface area contributed by atoms with Crippen molar-refractivity contribution < 1.29 is 4.74 Å². The second kappa shape index (κ2) is 11.7. The molecular weight excluding hydrogens is 234 g/mol. The van der Waals surface area contributed by atoms with E-state index < -0.39 is 0 Å². The molecule has 1 atom stereocenters. The van der Waals surface area contributed by atoms with E-state index in [0.717, 1.165) is 19.2 Å². The quantitative estimate of drug-likeness (QED) is 0.550. The van der Waals surface area contributed by atoms with Gasteiger partial charge in [0.25, 0.3) is 0 Å². The van der Waals surface area contributed by atoms with E-state index in [4.69, 9.17) is 4.74 Å². The van der Waals surface area contributed by atoms with E-state index in [1.807, 2.05) is 0 Å². The third-order valence-electron chi connectivity index (χ3n) is 4.22. The van der Waals surface area contributed by atoms with Crippen molar-refractivity contribution in [3.05, 3.63) is 0 Å². The lowest BCUT2D eigenvalue weighted by atomic mass is 10.0. The van der Waals surface area contributed by atoms with Gasteiger partial charge in [0.2, 0.25) is 0 Å². The molecule has 0 bridgehead atoms. The Bertz CT molecular complexity index is 180. The molecule has 0 aromatic rings. The Morgan fingerprint density at radius 3 is 2.21 bits per heavy atom. The van der Waals surface area contributed by atoms with Gasteiger partial charge in [0.15, 0.2) is 0 Å². The highest BCUT2D eigenvalue weighted by atomic mass is 16.5. The minimum atomic E-state index is 0.480. The summed E-state index contributed by atoms with van der Waals surface area (Å²) < 4.78 is 5.82. The summed E-state index contributed by atoms with van der Waals surface area (Å²) in [5.74, 6) is 0. The molecule has 2 heteroatoms. The number of ether oxygens (including phenoxy) is 1. The Morgan fingerprint density at radius 1 is 1.00 bits per heavy atom. The Balaban J connectivity index is 2.17. The van der Waals surface area contributed by atoms with Crippen molar-refractivity contribution in [2.24, 2.45) is 0 Å². The molecule has 1 saturated heterocycles. The molecule has 1 heterocycles. The van der Waals surface area contributed by atoms with Crippen molar-refractivity contribution in [3.63, 3.8) is 0 Å². The Morgan fingerprint density at radius 2 is 1.68 bits per heavy atom. The predicted octanol–water partition coefficient (Wildman–Crippen LogP) is 4.67. The monoisotopic (exact) mass is 269 g/mol. The van der Waals surface area contributed by atoms with Gasteiger partial charge in [-0.2, -0.15) is 0 Å². The van der Waals surface area contributed by atoms with Crippen LogP contribution in [0.3, 0.4) is 0 Å². The molecular formula is C17H35NO. The number of nitrogens with one attached hydrogen (secondary N) is 1. The van der Waals surface area contributed by atoms with E-state index >= 15 is 0 Å². The van der Waals surface area contributed by atoms with Crippen molar-refractivity contribution in [3.8, 4) is 0 Å². The molecule has 0 radical (unpaired) electrons. The van der Waals surface area contributed by atoms with Crippen LogP contribution in [0.2, 0.25) is 0 Å². The molecule has 114 valence electrons. The molecule has 2 nitrogen and oxygen atoms in total. The summed E-state index contributed by atoms with van der Waals surface area (Å²) in [6.07, 6.45) is 15.2. The highest BCUT2D eigenvalue weighted by Gasteiger charge is 2.15. The Kier molecular flexibility index (Phi) is 10.5. The van der Waals surface area contributed by atoms with E-state index in [1.54, 1.807) is 0 Å². The topological polar surface area (TPSA) is 21.3 Å². The number of unbranched alkanes of at least 4 members (excludes halogenated alkanes) is 4. The fourth-order valence-corrected chi connectivity index (χ4v) is 2.90. The SMILES string of the molecule is CCCCCC(CCCCC)NCC1CCCCO1. The lowest BCUT2D eigenvalue weighted by Gasteiger charge is -2.26. The van der Waals surface area contributed by atoms with Crippen LogP contribution in [0.15, 0.2) is 0 Å². The van der Waals surface area contributed by atoms with Crippen molar-refractivity contribution >= 4 is 0 Å². The van der Waals surface area contributed by atoms with Gasteiger partial charge in [-0.1, -0.05) is 52.4 Å². The first-order valence-corrected chi connectivity index (χ1v) is 8.71. The van der Waals surface area contributed by atoms with Crippen LogP contribution in [0, 0.1) is 0 Å². The van der Waals surface area contributed by atoms with Crippen molar-refractivity contribution in [1.29, 1.82) is 0 Å². The van der Waals surface area contributed by atoms with Crippen molar-refractivity contribution in [2.45, 2.75) is 96.6 Å². The summed E-state index contributed by atoms with van der Waals surface area (Å²) in [5.41, 5.74) is 0. The highest BCUT2D eigenvalue weighted by Crippen LogP contribution is 2.14. The maximum absolute atomic E-state index is 5.82. The van der Waals surface area contributed by atoms with Crippen LogP contribution >= 0.6 is 0 Å². The van der Waals surface area contributed by atoms with Crippen molar-refractivity contribution in [1.82, 2.24) is 5.32 Å². The summed E-state index contributed by atoms with van der Waals surface area (Å²) in [6, 6.07) is 0.726. The summed E-state index contributed by atoms with van der Waals surface area (Å²) >= 11 is 0. The van der Waals surface area contributed by atoms with E-state index in [0.29, 0.717) is 6.10 Å². The molecule has 1 fully saturated rings. The van der Waals surface area contributed by atoms with Gasteiger partial charge >= 0.3 is 0 Å². The molecule has 0 saturated carbocycles. The first kappa shape index (κ1) is 17.0. The van der Waals surface area contributed by atoms with Gasteiger partial charge in [-0.25, -0.2) is 0 Å². The van der Waals surface area contributed by atoms with Gasteiger partial charge in [-0.05, 0) is 32.1 Å². The Labute approximate surface area is 120 Å². The largest absolute Gasteiger partial charge is 0.377 e. The van der Waals surface area contributed by atoms with Crippen LogP contribution < -0.4 is 5.32 Å². The minimum absolute atomic E-state index is 0.480. The smallest absolute Gasteiger partial charge is 0.0699 e. The van der Waals surface area contributed by atoms with E-state index in [1.165, 1.54) is 70.6 Å². The van der Waals surface area contributed by atoms with Gasteiger partial charge in [-0.15, -0.1) is 0 Å². The van der Waals surface area contributed by atoms with Crippen LogP contribution in [-0.4, -0.2) is 25.3 Å². The average Bonchev–Trinajstić information content (AvgIpc) is 2.45. The number of hydrogen-bond donors (Lipinski definition) is 1. The zero-order valence-electron chi connectivity index (χ0n) is 13.3.